The Labute approximate surface area is 269 Å². The summed E-state index contributed by atoms with van der Waals surface area (Å²) in [5.41, 5.74) is 2.39. The van der Waals surface area contributed by atoms with E-state index in [2.05, 4.69) is 44.0 Å². The number of hydrogen-bond donors (Lipinski definition) is 0. The minimum atomic E-state index is -11.2. The number of pyridine rings is 2. The molecule has 4 heterocycles. The molecule has 2 aliphatic heterocycles. The molecule has 2 atom stereocenters. The van der Waals surface area contributed by atoms with Gasteiger partial charge in [-0.25, -0.2) is 12.4 Å². The first-order valence-corrected chi connectivity index (χ1v) is 24.5. The molecular weight excluding hydrogens is 900 g/mol. The Morgan fingerprint density at radius 3 is 1.13 bits per heavy atom. The molecule has 2 saturated heterocycles. The van der Waals surface area contributed by atoms with E-state index in [9.17, 15) is 33.8 Å². The van der Waals surface area contributed by atoms with Crippen LogP contribution < -0.4 is 0 Å². The van der Waals surface area contributed by atoms with Gasteiger partial charge in [-0.2, -0.15) is 0 Å². The number of aromatic nitrogens is 2. The number of likely N-dealkylation sites (tertiary alicyclic amines) is 2. The number of rotatable bonds is 5. The summed E-state index contributed by atoms with van der Waals surface area (Å²) in [6.45, 7) is 7.49. The molecule has 6 nitrogen and oxygen atoms in total. The molecule has 0 bridgehead atoms. The van der Waals surface area contributed by atoms with Crippen LogP contribution in [-0.4, -0.2) is 96.3 Å². The van der Waals surface area contributed by atoms with Crippen LogP contribution in [0.4, 0.5) is 33.8 Å². The zero-order chi connectivity index (χ0) is 34.4. The second-order valence-corrected chi connectivity index (χ2v) is 20.4. The molecule has 0 aromatic carbocycles. The smallest absolute Gasteiger partial charge is 0.293 e. The maximum atomic E-state index is 9.93. The molecule has 0 radical (unpaired) electrons. The van der Waals surface area contributed by atoms with Gasteiger partial charge in [0.1, 0.15) is 0 Å². The molecule has 4 rings (SSSR count). The van der Waals surface area contributed by atoms with E-state index in [1.807, 2.05) is 24.5 Å². The third kappa shape index (κ3) is 32.6. The fourth-order valence-corrected chi connectivity index (χ4v) is 4.37. The summed E-state index contributed by atoms with van der Waals surface area (Å²) in [5.74, 6) is 0. The van der Waals surface area contributed by atoms with Crippen molar-refractivity contribution in [3.05, 3.63) is 71.0 Å². The third-order valence-corrected chi connectivity index (χ3v) is 5.46. The van der Waals surface area contributed by atoms with Gasteiger partial charge in [0.15, 0.2) is 0 Å². The summed E-state index contributed by atoms with van der Waals surface area (Å²) >= 11 is -22.5. The average molecular weight is 934 g/mol. The van der Waals surface area contributed by atoms with Crippen molar-refractivity contribution in [3.63, 3.8) is 0 Å². The van der Waals surface area contributed by atoms with Crippen molar-refractivity contribution in [2.75, 3.05) is 13.1 Å². The minimum Gasteiger partial charge on any atom is -0.293 e. The van der Waals surface area contributed by atoms with Crippen LogP contribution in [0.1, 0.15) is 50.9 Å². The Balaban J connectivity index is 0. The SMILES string of the molecule is CC=[N-].CC=[N-].[F][Sb-]([F])([F])([F])([F])[F].[F][Sb-]([F])([F])([F])([F])[F].[Fe+6].c1ccc(CN2CCC[C@H]2[C@@H]2CCCN2Cc2ccccn2)nc1. The first-order valence-electron chi connectivity index (χ1n) is 12.9. The van der Waals surface area contributed by atoms with E-state index in [0.717, 1.165) is 25.5 Å². The van der Waals surface area contributed by atoms with Crippen molar-refractivity contribution in [1.82, 2.24) is 19.8 Å². The molecule has 0 spiro atoms. The monoisotopic (exact) mass is 932 g/mol. The van der Waals surface area contributed by atoms with Crippen LogP contribution in [0.5, 0.6) is 0 Å². The van der Waals surface area contributed by atoms with Gasteiger partial charge in [-0.05, 0) is 63.0 Å². The second kappa shape index (κ2) is 16.8. The Hall–Kier alpha value is -1.12. The molecule has 0 N–H and O–H groups in total. The van der Waals surface area contributed by atoms with E-state index < -0.39 is 39.0 Å². The maximum Gasteiger partial charge on any atom is 6.00 e. The zero-order valence-corrected chi connectivity index (χ0v) is 30.3. The second-order valence-electron chi connectivity index (χ2n) is 9.44. The van der Waals surface area contributed by atoms with Crippen molar-refractivity contribution in [2.24, 2.45) is 0 Å². The third-order valence-electron chi connectivity index (χ3n) is 5.46. The quantitative estimate of drug-likeness (QED) is 0.171. The summed E-state index contributed by atoms with van der Waals surface area (Å²) < 4.78 is 119. The molecule has 21 heteroatoms. The summed E-state index contributed by atoms with van der Waals surface area (Å²) in [5, 5.41) is 14.9. The number of halogens is 12. The van der Waals surface area contributed by atoms with Crippen molar-refractivity contribution < 1.29 is 50.8 Å². The van der Waals surface area contributed by atoms with Crippen LogP contribution in [0.25, 0.3) is 10.8 Å². The van der Waals surface area contributed by atoms with E-state index in [-0.39, 0.29) is 17.1 Å². The van der Waals surface area contributed by atoms with Crippen LogP contribution >= 0.6 is 0 Å². The Kier molecular flexibility index (Phi) is 17.2. The van der Waals surface area contributed by atoms with Gasteiger partial charge in [0.25, 0.3) is 0 Å². The van der Waals surface area contributed by atoms with E-state index in [1.165, 1.54) is 50.2 Å². The predicted octanol–water partition coefficient (Wildman–Crippen LogP) is 8.68. The van der Waals surface area contributed by atoms with Crippen LogP contribution in [-0.2, 0) is 30.2 Å². The van der Waals surface area contributed by atoms with Gasteiger partial charge in [0.05, 0.1) is 11.4 Å². The molecule has 0 amide bonds. The summed E-state index contributed by atoms with van der Waals surface area (Å²) in [6.07, 6.45) is 11.1. The fraction of sp³-hybridized carbons (Fsp3) is 0.500. The fourth-order valence-electron chi connectivity index (χ4n) is 4.37. The van der Waals surface area contributed by atoms with Gasteiger partial charge in [0, 0.05) is 37.6 Å². The topological polar surface area (TPSA) is 76.9 Å². The minimum absolute atomic E-state index is 0. The Morgan fingerprint density at radius 2 is 0.911 bits per heavy atom. The summed E-state index contributed by atoms with van der Waals surface area (Å²) in [7, 11) is 0. The summed E-state index contributed by atoms with van der Waals surface area (Å²) in [4.78, 5) is 14.4. The van der Waals surface area contributed by atoms with Crippen LogP contribution in [0.2, 0.25) is 0 Å². The van der Waals surface area contributed by atoms with Crippen LogP contribution in [0.15, 0.2) is 48.8 Å². The molecule has 2 aromatic heterocycles. The first-order chi connectivity index (χ1) is 19.6. The maximum absolute atomic E-state index is 11.2. The van der Waals surface area contributed by atoms with Gasteiger partial charge in [-0.15, -0.1) is 0 Å². The molecule has 2 fully saturated rings. The van der Waals surface area contributed by atoms with Crippen molar-refractivity contribution in [1.29, 1.82) is 0 Å². The summed E-state index contributed by atoms with van der Waals surface area (Å²) in [6, 6.07) is 13.8. The molecule has 0 aliphatic carbocycles. The number of nitrogens with zero attached hydrogens (tertiary/aromatic N) is 6. The van der Waals surface area contributed by atoms with Crippen molar-refractivity contribution >= 4 is 51.4 Å². The van der Waals surface area contributed by atoms with Gasteiger partial charge in [-0.1, -0.05) is 26.0 Å². The zero-order valence-electron chi connectivity index (χ0n) is 24.1. The molecule has 2 aromatic rings. The van der Waals surface area contributed by atoms with Gasteiger partial charge in [0.2, 0.25) is 0 Å². The van der Waals surface area contributed by atoms with Gasteiger partial charge < -0.3 is 10.8 Å². The van der Waals surface area contributed by atoms with Gasteiger partial charge >= 0.3 is 89.8 Å². The Morgan fingerprint density at radius 1 is 0.644 bits per heavy atom. The largest absolute Gasteiger partial charge is 6.00 e. The van der Waals surface area contributed by atoms with Gasteiger partial charge in [-0.3, -0.25) is 19.8 Å². The predicted molar refractivity (Wildman–Crippen MR) is 150 cm³/mol. The normalized spacial score (nSPS) is 21.3. The molecule has 0 saturated carbocycles. The number of hydrogen-bond acceptors (Lipinski definition) is 4. The van der Waals surface area contributed by atoms with Crippen LogP contribution in [0.3, 0.4) is 0 Å². The Bertz CT molecular complexity index is 1030. The average Bonchev–Trinajstić information content (AvgIpc) is 3.46. The molecule has 2 aliphatic rings. The van der Waals surface area contributed by atoms with Crippen molar-refractivity contribution in [3.8, 4) is 0 Å². The molecular formula is C24H34F12FeN6Sb2+2. The van der Waals surface area contributed by atoms with Crippen molar-refractivity contribution in [2.45, 2.75) is 64.7 Å². The first kappa shape index (κ1) is 46.0. The van der Waals surface area contributed by atoms with E-state index in [1.54, 1.807) is 13.8 Å². The van der Waals surface area contributed by atoms with E-state index in [0.29, 0.717) is 12.1 Å². The standard InChI is InChI=1S/C20H26N4.2C2H4N.12FH.Fe.2Sb/c1-3-11-21-17(7-1)15-23-13-5-9-19(23)20-10-6-14-24(20)16-18-8-2-4-12-22-18;2*1-2-3;;;;;;;;;;;;;;;/h1-4,7-8,11-12,19-20H,5-6,9-10,13-16H2;2*2H,1H3;12*1H;;;/q;2*-1;;;;;;;;;;;;;+6;2*+5/p-12/t19-,20-;;;;;;;;;;;;;;;;;/m0................./s1. The van der Waals surface area contributed by atoms with E-state index in [4.69, 9.17) is 10.8 Å². The molecule has 260 valence electrons. The molecule has 0 unspecified atom stereocenters. The van der Waals surface area contributed by atoms with Crippen LogP contribution in [0, 0.1) is 0 Å². The van der Waals surface area contributed by atoms with E-state index >= 15 is 0 Å². The molecule has 45 heavy (non-hydrogen) atoms.